The van der Waals surface area contributed by atoms with Gasteiger partial charge in [0.1, 0.15) is 0 Å². The van der Waals surface area contributed by atoms with Crippen molar-refractivity contribution in [2.75, 3.05) is 6.54 Å². The fourth-order valence-electron chi connectivity index (χ4n) is 3.58. The van der Waals surface area contributed by atoms with Crippen LogP contribution in [0.25, 0.3) is 0 Å². The zero-order chi connectivity index (χ0) is 13.1. The Hall–Kier alpha value is -0.820. The molecular formula is C17H27N. The smallest absolute Gasteiger partial charge is 0.00954 e. The van der Waals surface area contributed by atoms with Crippen molar-refractivity contribution < 1.29 is 0 Å². The highest BCUT2D eigenvalue weighted by molar-refractivity contribution is 5.29. The van der Waals surface area contributed by atoms with E-state index in [2.05, 4.69) is 51.2 Å². The summed E-state index contributed by atoms with van der Waals surface area (Å²) in [5.74, 6) is 1.67. The van der Waals surface area contributed by atoms with E-state index in [0.717, 1.165) is 24.4 Å². The number of hydrogen-bond acceptors (Lipinski definition) is 1. The van der Waals surface area contributed by atoms with E-state index in [4.69, 9.17) is 0 Å². The second kappa shape index (κ2) is 5.88. The molecule has 1 aromatic rings. The number of benzene rings is 1. The monoisotopic (exact) mass is 245 g/mol. The van der Waals surface area contributed by atoms with Crippen LogP contribution < -0.4 is 5.32 Å². The molecule has 2 rings (SSSR count). The summed E-state index contributed by atoms with van der Waals surface area (Å²) in [5.41, 5.74) is 4.33. The lowest BCUT2D eigenvalue weighted by Crippen LogP contribution is -2.32. The first-order valence-corrected chi connectivity index (χ1v) is 7.40. The van der Waals surface area contributed by atoms with Crippen LogP contribution in [0.15, 0.2) is 18.2 Å². The molecular weight excluding hydrogens is 218 g/mol. The Morgan fingerprint density at radius 2 is 1.78 bits per heavy atom. The van der Waals surface area contributed by atoms with Gasteiger partial charge in [-0.3, -0.25) is 0 Å². The number of rotatable bonds is 4. The van der Waals surface area contributed by atoms with E-state index in [1.165, 1.54) is 36.0 Å². The first-order chi connectivity index (χ1) is 8.60. The van der Waals surface area contributed by atoms with E-state index in [1.807, 2.05) is 0 Å². The van der Waals surface area contributed by atoms with Gasteiger partial charge in [0.25, 0.3) is 0 Å². The SMILES string of the molecule is CCNC1CCC(Cc2cc(C)cc(C)c2)C1C. The molecule has 1 aliphatic rings. The molecule has 1 aromatic carbocycles. The largest absolute Gasteiger partial charge is 0.314 e. The van der Waals surface area contributed by atoms with E-state index < -0.39 is 0 Å². The van der Waals surface area contributed by atoms with Crippen molar-refractivity contribution in [3.8, 4) is 0 Å². The van der Waals surface area contributed by atoms with Crippen molar-refractivity contribution in [3.05, 3.63) is 34.9 Å². The Kier molecular flexibility index (Phi) is 4.45. The van der Waals surface area contributed by atoms with E-state index in [1.54, 1.807) is 0 Å². The van der Waals surface area contributed by atoms with Crippen LogP contribution in [0.3, 0.4) is 0 Å². The van der Waals surface area contributed by atoms with E-state index in [9.17, 15) is 0 Å². The predicted octanol–water partition coefficient (Wildman–Crippen LogP) is 3.87. The van der Waals surface area contributed by atoms with Crippen LogP contribution in [0.2, 0.25) is 0 Å². The molecule has 0 heterocycles. The van der Waals surface area contributed by atoms with Gasteiger partial charge in [-0.1, -0.05) is 43.2 Å². The van der Waals surface area contributed by atoms with Crippen molar-refractivity contribution in [2.24, 2.45) is 11.8 Å². The molecule has 1 nitrogen and oxygen atoms in total. The summed E-state index contributed by atoms with van der Waals surface area (Å²) in [5, 5.41) is 3.63. The molecule has 0 aromatic heterocycles. The average Bonchev–Trinajstić information content (AvgIpc) is 2.61. The Labute approximate surface area is 112 Å². The Bertz CT molecular complexity index is 376. The fourth-order valence-corrected chi connectivity index (χ4v) is 3.58. The molecule has 1 fully saturated rings. The molecule has 1 heteroatoms. The van der Waals surface area contributed by atoms with Crippen molar-refractivity contribution >= 4 is 0 Å². The summed E-state index contributed by atoms with van der Waals surface area (Å²) in [6, 6.07) is 7.73. The van der Waals surface area contributed by atoms with Crippen molar-refractivity contribution in [2.45, 2.75) is 53.0 Å². The Morgan fingerprint density at radius 1 is 1.11 bits per heavy atom. The highest BCUT2D eigenvalue weighted by atomic mass is 14.9. The molecule has 0 saturated heterocycles. The maximum atomic E-state index is 3.63. The molecule has 1 aliphatic carbocycles. The normalized spacial score (nSPS) is 27.7. The topological polar surface area (TPSA) is 12.0 Å². The lowest BCUT2D eigenvalue weighted by atomic mass is 9.88. The molecule has 0 aliphatic heterocycles. The highest BCUT2D eigenvalue weighted by Gasteiger charge is 2.31. The van der Waals surface area contributed by atoms with Gasteiger partial charge in [-0.25, -0.2) is 0 Å². The molecule has 1 saturated carbocycles. The predicted molar refractivity (Wildman–Crippen MR) is 79.0 cm³/mol. The first-order valence-electron chi connectivity index (χ1n) is 7.40. The van der Waals surface area contributed by atoms with Crippen LogP contribution in [0, 0.1) is 25.7 Å². The van der Waals surface area contributed by atoms with E-state index in [0.29, 0.717) is 0 Å². The van der Waals surface area contributed by atoms with Crippen LogP contribution in [-0.4, -0.2) is 12.6 Å². The van der Waals surface area contributed by atoms with Crippen LogP contribution in [0.5, 0.6) is 0 Å². The van der Waals surface area contributed by atoms with Gasteiger partial charge in [0, 0.05) is 6.04 Å². The third-order valence-corrected chi connectivity index (χ3v) is 4.47. The molecule has 100 valence electrons. The van der Waals surface area contributed by atoms with E-state index in [-0.39, 0.29) is 0 Å². The van der Waals surface area contributed by atoms with Crippen LogP contribution in [0.1, 0.15) is 43.4 Å². The molecule has 18 heavy (non-hydrogen) atoms. The maximum Gasteiger partial charge on any atom is 0.00954 e. The molecule has 0 amide bonds. The number of nitrogens with one attached hydrogen (secondary N) is 1. The third-order valence-electron chi connectivity index (χ3n) is 4.47. The quantitative estimate of drug-likeness (QED) is 0.849. The standard InChI is InChI=1S/C17H27N/c1-5-18-17-7-6-16(14(17)4)11-15-9-12(2)8-13(3)10-15/h8-10,14,16-18H,5-7,11H2,1-4H3. The second-order valence-electron chi connectivity index (χ2n) is 6.06. The molecule has 0 radical (unpaired) electrons. The zero-order valence-corrected chi connectivity index (χ0v) is 12.3. The number of aryl methyl sites for hydroxylation is 2. The lowest BCUT2D eigenvalue weighted by molar-refractivity contribution is 0.355. The van der Waals surface area contributed by atoms with Gasteiger partial charge in [0.05, 0.1) is 0 Å². The molecule has 3 unspecified atom stereocenters. The summed E-state index contributed by atoms with van der Waals surface area (Å²) >= 11 is 0. The van der Waals surface area contributed by atoms with Crippen molar-refractivity contribution in [1.29, 1.82) is 0 Å². The Morgan fingerprint density at radius 3 is 2.39 bits per heavy atom. The molecule has 0 bridgehead atoms. The summed E-state index contributed by atoms with van der Waals surface area (Å²) in [7, 11) is 0. The van der Waals surface area contributed by atoms with Crippen molar-refractivity contribution in [3.63, 3.8) is 0 Å². The Balaban J connectivity index is 2.01. The summed E-state index contributed by atoms with van der Waals surface area (Å²) in [6.45, 7) is 10.1. The summed E-state index contributed by atoms with van der Waals surface area (Å²) in [4.78, 5) is 0. The fraction of sp³-hybridized carbons (Fsp3) is 0.647. The van der Waals surface area contributed by atoms with Gasteiger partial charge in [-0.05, 0) is 57.1 Å². The molecule has 3 atom stereocenters. The zero-order valence-electron chi connectivity index (χ0n) is 12.3. The van der Waals surface area contributed by atoms with Crippen LogP contribution in [0.4, 0.5) is 0 Å². The van der Waals surface area contributed by atoms with Gasteiger partial charge in [0.2, 0.25) is 0 Å². The molecule has 0 spiro atoms. The second-order valence-corrected chi connectivity index (χ2v) is 6.06. The minimum atomic E-state index is 0.742. The summed E-state index contributed by atoms with van der Waals surface area (Å²) in [6.07, 6.45) is 3.99. The van der Waals surface area contributed by atoms with Gasteiger partial charge in [0.15, 0.2) is 0 Å². The van der Waals surface area contributed by atoms with E-state index >= 15 is 0 Å². The van der Waals surface area contributed by atoms with Gasteiger partial charge < -0.3 is 5.32 Å². The minimum Gasteiger partial charge on any atom is -0.314 e. The van der Waals surface area contributed by atoms with Gasteiger partial charge in [-0.2, -0.15) is 0 Å². The third kappa shape index (κ3) is 3.14. The van der Waals surface area contributed by atoms with Crippen LogP contribution in [-0.2, 0) is 6.42 Å². The van der Waals surface area contributed by atoms with Crippen molar-refractivity contribution in [1.82, 2.24) is 5.32 Å². The lowest BCUT2D eigenvalue weighted by Gasteiger charge is -2.21. The number of hydrogen-bond donors (Lipinski definition) is 1. The highest BCUT2D eigenvalue weighted by Crippen LogP contribution is 2.34. The first kappa shape index (κ1) is 13.6. The average molecular weight is 245 g/mol. The van der Waals surface area contributed by atoms with Crippen LogP contribution >= 0.6 is 0 Å². The van der Waals surface area contributed by atoms with Gasteiger partial charge in [-0.15, -0.1) is 0 Å². The van der Waals surface area contributed by atoms with Gasteiger partial charge >= 0.3 is 0 Å². The minimum absolute atomic E-state index is 0.742. The molecule has 1 N–H and O–H groups in total. The summed E-state index contributed by atoms with van der Waals surface area (Å²) < 4.78 is 0. The maximum absolute atomic E-state index is 3.63.